The van der Waals surface area contributed by atoms with E-state index in [1.54, 1.807) is 0 Å². The maximum absolute atomic E-state index is 12.1. The van der Waals surface area contributed by atoms with Gasteiger partial charge in [-0.25, -0.2) is 0 Å². The number of morpholine rings is 1. The van der Waals surface area contributed by atoms with E-state index in [2.05, 4.69) is 34.4 Å². The topological polar surface area (TPSA) is 66.0 Å². The second-order valence-corrected chi connectivity index (χ2v) is 9.13. The number of hydrogen-bond acceptors (Lipinski definition) is 4. The molecule has 0 aliphatic carbocycles. The van der Waals surface area contributed by atoms with Crippen LogP contribution >= 0.6 is 0 Å². The van der Waals surface area contributed by atoms with E-state index in [1.807, 2.05) is 20.8 Å². The highest BCUT2D eigenvalue weighted by Crippen LogP contribution is 2.10. The van der Waals surface area contributed by atoms with Gasteiger partial charge in [-0.3, -0.25) is 14.1 Å². The molecule has 0 aromatic rings. The van der Waals surface area contributed by atoms with Gasteiger partial charge in [0.05, 0.1) is 19.8 Å². The van der Waals surface area contributed by atoms with Crippen LogP contribution in [0.4, 0.5) is 0 Å². The van der Waals surface area contributed by atoms with Gasteiger partial charge >= 0.3 is 0 Å². The maximum atomic E-state index is 12.1. The lowest BCUT2D eigenvalue weighted by molar-refractivity contribution is 0.0220. The normalized spacial score (nSPS) is 20.1. The summed E-state index contributed by atoms with van der Waals surface area (Å²) >= 11 is 0. The van der Waals surface area contributed by atoms with Gasteiger partial charge in [-0.05, 0) is 34.6 Å². The van der Waals surface area contributed by atoms with Crippen molar-refractivity contribution in [3.8, 4) is 0 Å². The molecule has 1 fully saturated rings. The van der Waals surface area contributed by atoms with Crippen molar-refractivity contribution >= 4 is 16.8 Å². The molecule has 1 heterocycles. The lowest BCUT2D eigenvalue weighted by Crippen LogP contribution is -2.45. The number of guanidine groups is 1. The summed E-state index contributed by atoms with van der Waals surface area (Å²) in [6.45, 7) is 16.1. The zero-order chi connectivity index (χ0) is 17.3. The fourth-order valence-corrected chi connectivity index (χ4v) is 3.17. The van der Waals surface area contributed by atoms with E-state index >= 15 is 0 Å². The number of ether oxygens (including phenoxy) is 1. The van der Waals surface area contributed by atoms with Gasteiger partial charge in [-0.2, -0.15) is 0 Å². The molecule has 2 unspecified atom stereocenters. The van der Waals surface area contributed by atoms with Crippen LogP contribution in [0.3, 0.4) is 0 Å². The largest absolute Gasteiger partial charge is 0.379 e. The van der Waals surface area contributed by atoms with Crippen LogP contribution in [0.5, 0.6) is 0 Å². The summed E-state index contributed by atoms with van der Waals surface area (Å²) in [4.78, 5) is 7.07. The Morgan fingerprint density at radius 2 is 1.96 bits per heavy atom. The standard InChI is InChI=1S/C16H34N4O2S/c1-6-17-15(18-7-12-23(21)16(3,4)5)19-13-14(2)20-8-10-22-11-9-20/h14H,6-13H2,1-5H3,(H2,17,18,19). The van der Waals surface area contributed by atoms with Gasteiger partial charge in [-0.15, -0.1) is 0 Å². The Balaban J connectivity index is 2.41. The van der Waals surface area contributed by atoms with Crippen molar-refractivity contribution in [1.29, 1.82) is 0 Å². The number of aliphatic imine (C=N–C) groups is 1. The van der Waals surface area contributed by atoms with Gasteiger partial charge in [0.2, 0.25) is 0 Å². The smallest absolute Gasteiger partial charge is 0.191 e. The summed E-state index contributed by atoms with van der Waals surface area (Å²) in [5.41, 5.74) is 0. The number of nitrogens with zero attached hydrogens (tertiary/aromatic N) is 2. The minimum Gasteiger partial charge on any atom is -0.379 e. The highest BCUT2D eigenvalue weighted by atomic mass is 32.2. The summed E-state index contributed by atoms with van der Waals surface area (Å²) in [6, 6.07) is 0.401. The van der Waals surface area contributed by atoms with Gasteiger partial charge in [0.25, 0.3) is 0 Å². The SMILES string of the molecule is CCNC(=NCC(C)N1CCOCC1)NCCS(=O)C(C)(C)C. The first kappa shape index (κ1) is 20.4. The fourth-order valence-electron chi connectivity index (χ4n) is 2.27. The van der Waals surface area contributed by atoms with Gasteiger partial charge in [0.1, 0.15) is 0 Å². The molecule has 0 spiro atoms. The molecular weight excluding hydrogens is 312 g/mol. The molecule has 2 atom stereocenters. The average Bonchev–Trinajstić information content (AvgIpc) is 2.52. The van der Waals surface area contributed by atoms with E-state index in [9.17, 15) is 4.21 Å². The Hall–Kier alpha value is -0.660. The fraction of sp³-hybridized carbons (Fsp3) is 0.938. The highest BCUT2D eigenvalue weighted by Gasteiger charge is 2.19. The summed E-state index contributed by atoms with van der Waals surface area (Å²) in [5, 5.41) is 6.53. The van der Waals surface area contributed by atoms with Crippen LogP contribution in [-0.4, -0.2) is 77.5 Å². The maximum Gasteiger partial charge on any atom is 0.191 e. The third kappa shape index (κ3) is 8.13. The van der Waals surface area contributed by atoms with Gasteiger partial charge < -0.3 is 15.4 Å². The van der Waals surface area contributed by atoms with E-state index in [1.165, 1.54) is 0 Å². The predicted molar refractivity (Wildman–Crippen MR) is 98.6 cm³/mol. The van der Waals surface area contributed by atoms with Crippen LogP contribution in [0.2, 0.25) is 0 Å². The Morgan fingerprint density at radius 1 is 1.30 bits per heavy atom. The molecule has 0 saturated carbocycles. The minimum absolute atomic E-state index is 0.165. The summed E-state index contributed by atoms with van der Waals surface area (Å²) in [7, 11) is -0.842. The Labute approximate surface area is 143 Å². The van der Waals surface area contributed by atoms with Gasteiger partial charge in [0, 0.05) is 53.5 Å². The van der Waals surface area contributed by atoms with E-state index in [-0.39, 0.29) is 4.75 Å². The predicted octanol–water partition coefficient (Wildman–Crippen LogP) is 0.809. The molecule has 0 radical (unpaired) electrons. The molecule has 0 aromatic heterocycles. The van der Waals surface area contributed by atoms with Crippen molar-refractivity contribution in [3.63, 3.8) is 0 Å². The Kier molecular flexibility index (Phi) is 9.09. The van der Waals surface area contributed by atoms with Crippen LogP contribution in [0.1, 0.15) is 34.6 Å². The summed E-state index contributed by atoms with van der Waals surface area (Å²) in [5.74, 6) is 1.44. The van der Waals surface area contributed by atoms with Crippen LogP contribution in [-0.2, 0) is 15.5 Å². The van der Waals surface area contributed by atoms with Crippen molar-refractivity contribution in [2.75, 3.05) is 51.7 Å². The Bertz CT molecular complexity index is 390. The molecule has 1 rings (SSSR count). The van der Waals surface area contributed by atoms with E-state index in [0.29, 0.717) is 18.3 Å². The minimum atomic E-state index is -0.842. The Morgan fingerprint density at radius 3 is 2.52 bits per heavy atom. The first-order valence-corrected chi connectivity index (χ1v) is 9.89. The first-order valence-electron chi connectivity index (χ1n) is 8.57. The van der Waals surface area contributed by atoms with E-state index in [0.717, 1.165) is 45.4 Å². The van der Waals surface area contributed by atoms with Crippen molar-refractivity contribution in [1.82, 2.24) is 15.5 Å². The molecule has 7 heteroatoms. The summed E-state index contributed by atoms with van der Waals surface area (Å²) < 4.78 is 17.3. The van der Waals surface area contributed by atoms with Crippen molar-refractivity contribution < 1.29 is 8.95 Å². The van der Waals surface area contributed by atoms with Crippen molar-refractivity contribution in [2.45, 2.75) is 45.4 Å². The van der Waals surface area contributed by atoms with Crippen LogP contribution < -0.4 is 10.6 Å². The lowest BCUT2D eigenvalue weighted by atomic mass is 10.2. The quantitative estimate of drug-likeness (QED) is 0.527. The molecule has 0 aromatic carbocycles. The lowest BCUT2D eigenvalue weighted by Gasteiger charge is -2.31. The molecule has 1 aliphatic rings. The number of hydrogen-bond donors (Lipinski definition) is 2. The van der Waals surface area contributed by atoms with Crippen LogP contribution in [0.15, 0.2) is 4.99 Å². The van der Waals surface area contributed by atoms with Crippen molar-refractivity contribution in [2.24, 2.45) is 4.99 Å². The molecule has 2 N–H and O–H groups in total. The van der Waals surface area contributed by atoms with Gasteiger partial charge in [-0.1, -0.05) is 0 Å². The third-order valence-corrected chi connectivity index (χ3v) is 5.73. The molecular formula is C16H34N4O2S. The summed E-state index contributed by atoms with van der Waals surface area (Å²) in [6.07, 6.45) is 0. The number of rotatable bonds is 7. The molecule has 0 amide bonds. The van der Waals surface area contributed by atoms with Crippen molar-refractivity contribution in [3.05, 3.63) is 0 Å². The monoisotopic (exact) mass is 346 g/mol. The zero-order valence-corrected chi connectivity index (χ0v) is 16.2. The van der Waals surface area contributed by atoms with Crippen LogP contribution in [0.25, 0.3) is 0 Å². The average molecular weight is 347 g/mol. The third-order valence-electron chi connectivity index (χ3n) is 3.79. The van der Waals surface area contributed by atoms with E-state index < -0.39 is 10.8 Å². The second kappa shape index (κ2) is 10.3. The zero-order valence-electron chi connectivity index (χ0n) is 15.4. The molecule has 136 valence electrons. The molecule has 1 aliphatic heterocycles. The molecule has 1 saturated heterocycles. The van der Waals surface area contributed by atoms with E-state index in [4.69, 9.17) is 4.74 Å². The molecule has 6 nitrogen and oxygen atoms in total. The van der Waals surface area contributed by atoms with Gasteiger partial charge in [0.15, 0.2) is 5.96 Å². The highest BCUT2D eigenvalue weighted by molar-refractivity contribution is 7.86. The molecule has 23 heavy (non-hydrogen) atoms. The number of nitrogens with one attached hydrogen (secondary N) is 2. The van der Waals surface area contributed by atoms with Crippen LogP contribution in [0, 0.1) is 0 Å². The molecule has 0 bridgehead atoms. The second-order valence-electron chi connectivity index (χ2n) is 6.81. The first-order chi connectivity index (χ1) is 10.8.